The summed E-state index contributed by atoms with van der Waals surface area (Å²) in [6, 6.07) is 7.54. The van der Waals surface area contributed by atoms with Crippen molar-refractivity contribution in [3.05, 3.63) is 64.7 Å². The average Bonchev–Trinajstić information content (AvgIpc) is 2.97. The third kappa shape index (κ3) is 6.71. The van der Waals surface area contributed by atoms with Crippen LogP contribution in [0.4, 0.5) is 22.4 Å². The van der Waals surface area contributed by atoms with Gasteiger partial charge in [0.15, 0.2) is 11.6 Å². The van der Waals surface area contributed by atoms with E-state index >= 15 is 0 Å². The van der Waals surface area contributed by atoms with Gasteiger partial charge in [0.05, 0.1) is 17.0 Å². The van der Waals surface area contributed by atoms with Crippen molar-refractivity contribution < 1.29 is 35.5 Å². The maximum Gasteiger partial charge on any atom is 0.409 e. The van der Waals surface area contributed by atoms with Gasteiger partial charge in [-0.2, -0.15) is 4.31 Å². The fraction of sp³-hybridized carbons (Fsp3) is 0.552. The van der Waals surface area contributed by atoms with Gasteiger partial charge >= 0.3 is 6.09 Å². The van der Waals surface area contributed by atoms with Gasteiger partial charge in [-0.05, 0) is 62.4 Å². The van der Waals surface area contributed by atoms with Crippen molar-refractivity contribution in [2.75, 3.05) is 32.8 Å². The maximum atomic E-state index is 14.9. The summed E-state index contributed by atoms with van der Waals surface area (Å²) in [5.74, 6) is -4.81. The normalized spacial score (nSPS) is 24.5. The zero-order valence-electron chi connectivity index (χ0n) is 23.0. The number of sulfonamides is 1. The van der Waals surface area contributed by atoms with E-state index in [4.69, 9.17) is 16.3 Å². The third-order valence-corrected chi connectivity index (χ3v) is 10.8. The molecule has 7 nitrogen and oxygen atoms in total. The van der Waals surface area contributed by atoms with E-state index in [0.717, 1.165) is 10.4 Å². The number of rotatable bonds is 6. The van der Waals surface area contributed by atoms with E-state index in [9.17, 15) is 30.8 Å². The Morgan fingerprint density at radius 3 is 2.29 bits per heavy atom. The van der Waals surface area contributed by atoms with Crippen LogP contribution in [-0.4, -0.2) is 79.4 Å². The number of carbonyl (C=O) groups excluding carboxylic acids is 1. The van der Waals surface area contributed by atoms with Crippen molar-refractivity contribution in [1.82, 2.24) is 14.1 Å². The molecule has 0 aromatic heterocycles. The Hall–Kier alpha value is -2.41. The molecule has 0 bridgehead atoms. The molecule has 13 heteroatoms. The Morgan fingerprint density at radius 2 is 1.62 bits per heavy atom. The van der Waals surface area contributed by atoms with Crippen LogP contribution in [0.1, 0.15) is 56.6 Å². The quantitative estimate of drug-likeness (QED) is 0.354. The van der Waals surface area contributed by atoms with Gasteiger partial charge in [0.2, 0.25) is 10.0 Å². The summed E-state index contributed by atoms with van der Waals surface area (Å²) >= 11 is 5.97. The summed E-state index contributed by atoms with van der Waals surface area (Å²) in [5.41, 5.74) is -0.0823. The molecule has 0 N–H and O–H groups in total. The van der Waals surface area contributed by atoms with Crippen molar-refractivity contribution in [2.24, 2.45) is 0 Å². The topological polar surface area (TPSA) is 70.2 Å². The van der Waals surface area contributed by atoms with Gasteiger partial charge in [-0.1, -0.05) is 23.7 Å². The van der Waals surface area contributed by atoms with Crippen LogP contribution < -0.4 is 0 Å². The lowest BCUT2D eigenvalue weighted by molar-refractivity contribution is -0.0672. The predicted molar refractivity (Wildman–Crippen MR) is 149 cm³/mol. The highest BCUT2D eigenvalue weighted by molar-refractivity contribution is 7.89. The number of benzene rings is 2. The zero-order valence-corrected chi connectivity index (χ0v) is 24.6. The summed E-state index contributed by atoms with van der Waals surface area (Å²) in [5, 5.41) is 0.341. The fourth-order valence-corrected chi connectivity index (χ4v) is 8.23. The first-order valence-corrected chi connectivity index (χ1v) is 16.0. The van der Waals surface area contributed by atoms with Gasteiger partial charge in [-0.15, -0.1) is 0 Å². The number of halogens is 5. The molecule has 0 unspecified atom stereocenters. The van der Waals surface area contributed by atoms with Gasteiger partial charge in [0.25, 0.3) is 5.92 Å². The molecule has 3 heterocycles. The number of hydrogen-bond acceptors (Lipinski definition) is 5. The van der Waals surface area contributed by atoms with Crippen molar-refractivity contribution >= 4 is 27.7 Å². The lowest BCUT2D eigenvalue weighted by Crippen LogP contribution is -2.51. The molecular formula is C29H34ClF4N3O4S. The monoisotopic (exact) mass is 631 g/mol. The van der Waals surface area contributed by atoms with Crippen LogP contribution >= 0.6 is 11.6 Å². The van der Waals surface area contributed by atoms with Crippen LogP contribution in [0.5, 0.6) is 0 Å². The lowest BCUT2D eigenvalue weighted by Gasteiger charge is -2.42. The summed E-state index contributed by atoms with van der Waals surface area (Å²) in [4.78, 5) is 16.6. The number of nitrogens with zero attached hydrogens (tertiary/aromatic N) is 3. The molecule has 0 saturated carbocycles. The predicted octanol–water partition coefficient (Wildman–Crippen LogP) is 6.23. The molecule has 3 aliphatic rings. The highest BCUT2D eigenvalue weighted by atomic mass is 35.5. The number of amides is 1. The van der Waals surface area contributed by atoms with E-state index in [2.05, 4.69) is 4.90 Å². The molecule has 5 rings (SSSR count). The highest BCUT2D eigenvalue weighted by Gasteiger charge is 2.43. The molecule has 2 aromatic carbocycles. The van der Waals surface area contributed by atoms with E-state index in [1.54, 1.807) is 4.90 Å². The number of carbonyl (C=O) groups is 1. The molecule has 3 aliphatic heterocycles. The molecule has 0 aliphatic carbocycles. The number of likely N-dealkylation sites (tertiary alicyclic amines) is 2. The molecule has 0 radical (unpaired) electrons. The molecule has 3 saturated heterocycles. The molecule has 3 fully saturated rings. The van der Waals surface area contributed by atoms with Crippen molar-refractivity contribution in [2.45, 2.75) is 73.9 Å². The van der Waals surface area contributed by atoms with E-state index in [1.165, 1.54) is 36.4 Å². The second-order valence-electron chi connectivity index (χ2n) is 11.2. The number of alkyl halides is 2. The van der Waals surface area contributed by atoms with Crippen molar-refractivity contribution in [3.8, 4) is 0 Å². The smallest absolute Gasteiger partial charge is 0.409 e. The van der Waals surface area contributed by atoms with Gasteiger partial charge < -0.3 is 9.64 Å². The number of ether oxygens (including phenoxy) is 1. The second kappa shape index (κ2) is 12.7. The van der Waals surface area contributed by atoms with Gasteiger partial charge in [0, 0.05) is 55.6 Å². The number of piperidine rings is 3. The van der Waals surface area contributed by atoms with E-state index in [-0.39, 0.29) is 42.4 Å². The van der Waals surface area contributed by atoms with Crippen LogP contribution in [0.3, 0.4) is 0 Å². The molecular weight excluding hydrogens is 598 g/mol. The molecule has 230 valence electrons. The van der Waals surface area contributed by atoms with Gasteiger partial charge in [-0.3, -0.25) is 4.90 Å². The van der Waals surface area contributed by atoms with Crippen LogP contribution in [0.25, 0.3) is 0 Å². The Labute approximate surface area is 248 Å². The molecule has 42 heavy (non-hydrogen) atoms. The first-order valence-electron chi connectivity index (χ1n) is 14.2. The first-order chi connectivity index (χ1) is 20.0. The molecule has 0 spiro atoms. The molecule has 1 amide bonds. The first kappa shape index (κ1) is 31.0. The Bertz CT molecular complexity index is 1360. The van der Waals surface area contributed by atoms with Gasteiger partial charge in [0.1, 0.15) is 6.61 Å². The summed E-state index contributed by atoms with van der Waals surface area (Å²) in [7, 11) is -4.23. The Kier molecular flexibility index (Phi) is 9.36. The molecule has 2 aromatic rings. The number of hydrogen-bond donors (Lipinski definition) is 0. The minimum Gasteiger partial charge on any atom is -0.448 e. The summed E-state index contributed by atoms with van der Waals surface area (Å²) < 4.78 is 90.8. The Morgan fingerprint density at radius 1 is 0.952 bits per heavy atom. The minimum absolute atomic E-state index is 0.0653. The third-order valence-electron chi connectivity index (χ3n) is 8.58. The van der Waals surface area contributed by atoms with Crippen LogP contribution in [0.2, 0.25) is 5.02 Å². The molecule has 2 atom stereocenters. The fourth-order valence-electron chi connectivity index (χ4n) is 6.26. The lowest BCUT2D eigenvalue weighted by atomic mass is 9.93. The summed E-state index contributed by atoms with van der Waals surface area (Å²) in [6.07, 6.45) is 1.46. The second-order valence-corrected chi connectivity index (χ2v) is 13.5. The average molecular weight is 632 g/mol. The van der Waals surface area contributed by atoms with E-state index in [1.807, 2.05) is 0 Å². The van der Waals surface area contributed by atoms with Crippen molar-refractivity contribution in [3.63, 3.8) is 0 Å². The van der Waals surface area contributed by atoms with Crippen LogP contribution in [0, 0.1) is 11.6 Å². The van der Waals surface area contributed by atoms with E-state index < -0.39 is 45.8 Å². The van der Waals surface area contributed by atoms with Crippen molar-refractivity contribution in [1.29, 1.82) is 0 Å². The highest BCUT2D eigenvalue weighted by Crippen LogP contribution is 2.40. The van der Waals surface area contributed by atoms with Crippen LogP contribution in [-0.2, 0) is 14.8 Å². The zero-order chi connectivity index (χ0) is 30.1. The van der Waals surface area contributed by atoms with Gasteiger partial charge in [-0.25, -0.2) is 30.8 Å². The largest absolute Gasteiger partial charge is 0.448 e. The Balaban J connectivity index is 1.29. The van der Waals surface area contributed by atoms with Crippen LogP contribution in [0.15, 0.2) is 47.4 Å². The maximum absolute atomic E-state index is 14.9. The standard InChI is InChI=1S/C29H34ClF4N3O4S/c30-20-7-9-23(10-8-20)42(39,40)37-22(3-1-6-26(37)24-4-2-5-25(31)27(24)32)19-41-28(38)36-15-11-21(12-16-36)35-17-13-29(33,34)14-18-35/h2,4-5,7-10,21-22,26H,1,3,6,11-19H2/t22-,26+/m1/s1. The SMILES string of the molecule is O=C(OC[C@H]1CCC[C@@H](c2cccc(F)c2F)N1S(=O)(=O)c1ccc(Cl)cc1)N1CCC(N2CCC(F)(F)CC2)CC1. The van der Waals surface area contributed by atoms with E-state index in [0.29, 0.717) is 56.9 Å². The minimum atomic E-state index is -4.23. The summed E-state index contributed by atoms with van der Waals surface area (Å²) in [6.45, 7) is 1.18.